The quantitative estimate of drug-likeness (QED) is 0.287. The lowest BCUT2D eigenvalue weighted by Gasteiger charge is -2.32. The zero-order chi connectivity index (χ0) is 30.2. The third-order valence-corrected chi connectivity index (χ3v) is 6.12. The Morgan fingerprint density at radius 2 is 1.32 bits per heavy atom. The molecule has 0 aromatic heterocycles. The number of halogens is 8. The van der Waals surface area contributed by atoms with Gasteiger partial charge in [-0.3, -0.25) is 14.5 Å². The van der Waals surface area contributed by atoms with Gasteiger partial charge in [-0.05, 0) is 55.7 Å². The second kappa shape index (κ2) is 10.8. The fourth-order valence-corrected chi connectivity index (χ4v) is 4.25. The van der Waals surface area contributed by atoms with Gasteiger partial charge in [0.15, 0.2) is 5.82 Å². The molecule has 0 radical (unpaired) electrons. The van der Waals surface area contributed by atoms with Crippen LogP contribution in [0.25, 0.3) is 0 Å². The number of carboxylic acid groups (broad SMARTS) is 1. The summed E-state index contributed by atoms with van der Waals surface area (Å²) in [5.41, 5.74) is -8.46. The van der Waals surface area contributed by atoms with E-state index in [-0.39, 0.29) is 17.8 Å². The first-order valence-corrected chi connectivity index (χ1v) is 11.5. The average Bonchev–Trinajstić information content (AvgIpc) is 2.83. The second-order valence-electron chi connectivity index (χ2n) is 9.00. The van der Waals surface area contributed by atoms with Crippen LogP contribution in [-0.2, 0) is 10.5 Å². The predicted octanol–water partition coefficient (Wildman–Crippen LogP) is 7.52. The minimum Gasteiger partial charge on any atom is -0.480 e. The number of aryl methyl sites for hydroxylation is 3. The van der Waals surface area contributed by atoms with E-state index in [0.29, 0.717) is 10.6 Å². The highest BCUT2D eigenvalue weighted by atomic mass is 19.4. The third-order valence-electron chi connectivity index (χ3n) is 6.12. The first-order chi connectivity index (χ1) is 18.4. The van der Waals surface area contributed by atoms with E-state index in [1.165, 1.54) is 12.1 Å². The largest absolute Gasteiger partial charge is 0.480 e. The number of anilines is 3. The van der Waals surface area contributed by atoms with Crippen molar-refractivity contribution in [3.63, 3.8) is 0 Å². The van der Waals surface area contributed by atoms with Gasteiger partial charge in [0.1, 0.15) is 6.54 Å². The molecule has 0 heterocycles. The minimum atomic E-state index is -6.38. The summed E-state index contributed by atoms with van der Waals surface area (Å²) in [6.45, 7) is 2.57. The zero-order valence-corrected chi connectivity index (χ0v) is 21.1. The van der Waals surface area contributed by atoms with Gasteiger partial charge < -0.3 is 10.4 Å². The summed E-state index contributed by atoms with van der Waals surface area (Å²) in [6, 6.07) is 10.9. The number of rotatable bonds is 7. The van der Waals surface area contributed by atoms with Crippen molar-refractivity contribution in [2.75, 3.05) is 16.8 Å². The maximum absolute atomic E-state index is 15.5. The standard InChI is InChI=1S/C27H22F8N2O3/c1-14-7-4-5-9-19(14)36-20-10-6-8-18(22(20)28)24(40)37(13-21(38)39)23-15(2)11-17(12-16(23)3)25(29,26(30,31)32)27(33,34)35/h4-12,36H,13H2,1-3H3,(H,38,39). The van der Waals surface area contributed by atoms with Crippen LogP contribution in [0.1, 0.15) is 32.6 Å². The molecule has 3 rings (SSSR count). The maximum atomic E-state index is 15.5. The first-order valence-electron chi connectivity index (χ1n) is 11.5. The fraction of sp³-hybridized carbons (Fsp3) is 0.259. The van der Waals surface area contributed by atoms with Crippen LogP contribution >= 0.6 is 0 Å². The Morgan fingerprint density at radius 1 is 0.800 bits per heavy atom. The van der Waals surface area contributed by atoms with Crippen LogP contribution in [0.3, 0.4) is 0 Å². The van der Waals surface area contributed by atoms with Crippen molar-refractivity contribution in [3.8, 4) is 0 Å². The molecule has 0 aliphatic heterocycles. The van der Waals surface area contributed by atoms with Gasteiger partial charge in [-0.15, -0.1) is 0 Å². The summed E-state index contributed by atoms with van der Waals surface area (Å²) >= 11 is 0. The highest BCUT2D eigenvalue weighted by Gasteiger charge is 2.73. The molecular formula is C27H22F8N2O3. The van der Waals surface area contributed by atoms with Crippen LogP contribution in [0, 0.1) is 26.6 Å². The van der Waals surface area contributed by atoms with E-state index < -0.39 is 70.2 Å². The lowest BCUT2D eigenvalue weighted by molar-refractivity contribution is -0.348. The summed E-state index contributed by atoms with van der Waals surface area (Å²) in [4.78, 5) is 25.5. The molecule has 5 nitrogen and oxygen atoms in total. The van der Waals surface area contributed by atoms with Gasteiger partial charge in [-0.25, -0.2) is 8.78 Å². The molecule has 0 saturated carbocycles. The third kappa shape index (κ3) is 5.58. The number of amides is 1. The van der Waals surface area contributed by atoms with E-state index in [2.05, 4.69) is 5.32 Å². The number of carboxylic acids is 1. The van der Waals surface area contributed by atoms with Crippen LogP contribution in [0.15, 0.2) is 54.6 Å². The highest BCUT2D eigenvalue weighted by molar-refractivity contribution is 6.09. The second-order valence-corrected chi connectivity index (χ2v) is 9.00. The molecule has 0 aliphatic rings. The van der Waals surface area contributed by atoms with E-state index in [4.69, 9.17) is 0 Å². The monoisotopic (exact) mass is 574 g/mol. The molecule has 40 heavy (non-hydrogen) atoms. The van der Waals surface area contributed by atoms with E-state index in [9.17, 15) is 45.4 Å². The number of benzene rings is 3. The fourth-order valence-electron chi connectivity index (χ4n) is 4.25. The number of hydrogen-bond donors (Lipinski definition) is 2. The average molecular weight is 574 g/mol. The molecule has 0 bridgehead atoms. The Kier molecular flexibility index (Phi) is 8.19. The summed E-state index contributed by atoms with van der Waals surface area (Å²) in [6.07, 6.45) is -12.8. The molecule has 13 heteroatoms. The van der Waals surface area contributed by atoms with Crippen LogP contribution in [0.5, 0.6) is 0 Å². The van der Waals surface area contributed by atoms with Crippen LogP contribution < -0.4 is 10.2 Å². The van der Waals surface area contributed by atoms with Crippen molar-refractivity contribution >= 4 is 28.9 Å². The zero-order valence-electron chi connectivity index (χ0n) is 21.1. The van der Waals surface area contributed by atoms with Crippen molar-refractivity contribution in [1.82, 2.24) is 0 Å². The molecule has 0 atom stereocenters. The van der Waals surface area contributed by atoms with E-state index >= 15 is 4.39 Å². The number of carbonyl (C=O) groups is 2. The van der Waals surface area contributed by atoms with Gasteiger partial charge in [0.2, 0.25) is 0 Å². The van der Waals surface area contributed by atoms with Crippen molar-refractivity contribution < 1.29 is 49.8 Å². The number of alkyl halides is 7. The molecule has 0 spiro atoms. The minimum absolute atomic E-state index is 0.156. The molecule has 214 valence electrons. The number of nitrogens with one attached hydrogen (secondary N) is 1. The first kappa shape index (κ1) is 30.4. The van der Waals surface area contributed by atoms with E-state index in [1.54, 1.807) is 31.2 Å². The van der Waals surface area contributed by atoms with Gasteiger partial charge in [-0.2, -0.15) is 26.3 Å². The van der Waals surface area contributed by atoms with Crippen LogP contribution in [0.4, 0.5) is 52.2 Å². The van der Waals surface area contributed by atoms with Crippen molar-refractivity contribution in [1.29, 1.82) is 0 Å². The number of aliphatic carboxylic acids is 1. The van der Waals surface area contributed by atoms with Crippen LogP contribution in [-0.4, -0.2) is 35.9 Å². The smallest absolute Gasteiger partial charge is 0.435 e. The molecular weight excluding hydrogens is 552 g/mol. The van der Waals surface area contributed by atoms with Crippen molar-refractivity contribution in [3.05, 3.63) is 88.2 Å². The van der Waals surface area contributed by atoms with Gasteiger partial charge in [0, 0.05) is 11.3 Å². The summed E-state index contributed by atoms with van der Waals surface area (Å²) in [5.74, 6) is -3.95. The number of carbonyl (C=O) groups excluding carboxylic acids is 1. The Balaban J connectivity index is 2.14. The molecule has 1 amide bonds. The van der Waals surface area contributed by atoms with Crippen LogP contribution in [0.2, 0.25) is 0 Å². The summed E-state index contributed by atoms with van der Waals surface area (Å²) < 4.78 is 110. The molecule has 0 aliphatic carbocycles. The van der Waals surface area contributed by atoms with Gasteiger partial charge in [0.25, 0.3) is 5.91 Å². The Bertz CT molecular complexity index is 1410. The Hall–Kier alpha value is -4.16. The molecule has 2 N–H and O–H groups in total. The lowest BCUT2D eigenvalue weighted by Crippen LogP contribution is -2.50. The summed E-state index contributed by atoms with van der Waals surface area (Å²) in [5, 5.41) is 12.2. The molecule has 3 aromatic rings. The molecule has 0 fully saturated rings. The number of hydrogen-bond acceptors (Lipinski definition) is 3. The van der Waals surface area contributed by atoms with E-state index in [0.717, 1.165) is 25.5 Å². The Labute approximate surface area is 223 Å². The topological polar surface area (TPSA) is 69.6 Å². The SMILES string of the molecule is Cc1ccccc1Nc1cccc(C(=O)N(CC(=O)O)c2c(C)cc(C(F)(C(F)(F)F)C(F)(F)F)cc2C)c1F. The maximum Gasteiger partial charge on any atom is 0.435 e. The molecule has 3 aromatic carbocycles. The molecule has 0 unspecified atom stereocenters. The van der Waals surface area contributed by atoms with Crippen molar-refractivity contribution in [2.24, 2.45) is 0 Å². The Morgan fingerprint density at radius 3 is 1.82 bits per heavy atom. The lowest BCUT2D eigenvalue weighted by atomic mass is 9.90. The van der Waals surface area contributed by atoms with Gasteiger partial charge in [-0.1, -0.05) is 36.4 Å². The number of para-hydroxylation sites is 1. The van der Waals surface area contributed by atoms with Crippen molar-refractivity contribution in [2.45, 2.75) is 38.8 Å². The summed E-state index contributed by atoms with van der Waals surface area (Å²) in [7, 11) is 0. The van der Waals surface area contributed by atoms with Gasteiger partial charge in [0.05, 0.1) is 16.9 Å². The van der Waals surface area contributed by atoms with E-state index in [1.807, 2.05) is 0 Å². The number of nitrogens with zero attached hydrogens (tertiary/aromatic N) is 1. The van der Waals surface area contributed by atoms with Gasteiger partial charge >= 0.3 is 24.0 Å². The predicted molar refractivity (Wildman–Crippen MR) is 131 cm³/mol. The molecule has 0 saturated heterocycles. The normalized spacial score (nSPS) is 12.3. The highest BCUT2D eigenvalue weighted by Crippen LogP contribution is 2.54.